The van der Waals surface area contributed by atoms with Gasteiger partial charge in [-0.15, -0.1) is 0 Å². The number of rotatable bonds is 8. The number of hydrogen-bond donors (Lipinski definition) is 1. The molecule has 0 aliphatic carbocycles. The number of nitrogens with one attached hydrogen (secondary N) is 1. The molecule has 0 amide bonds. The molecule has 0 aromatic carbocycles. The van der Waals surface area contributed by atoms with Gasteiger partial charge in [-0.05, 0) is 13.5 Å². The first-order valence-corrected chi connectivity index (χ1v) is 5.07. The van der Waals surface area contributed by atoms with Crippen LogP contribution in [-0.2, 0) is 19.0 Å². The predicted molar refractivity (Wildman–Crippen MR) is 56.8 cm³/mol. The zero-order chi connectivity index (χ0) is 11.7. The normalized spacial score (nSPS) is 14.7. The van der Waals surface area contributed by atoms with E-state index in [1.54, 1.807) is 7.11 Å². The lowest BCUT2D eigenvalue weighted by Crippen LogP contribution is -2.42. The largest absolute Gasteiger partial charge is 0.468 e. The van der Waals surface area contributed by atoms with Crippen molar-refractivity contribution in [3.8, 4) is 0 Å². The van der Waals surface area contributed by atoms with Crippen LogP contribution in [0.1, 0.15) is 13.8 Å². The summed E-state index contributed by atoms with van der Waals surface area (Å²) in [6.07, 6.45) is -0.0270. The molecule has 5 heteroatoms. The van der Waals surface area contributed by atoms with Crippen molar-refractivity contribution in [2.45, 2.75) is 26.0 Å². The molecule has 2 atom stereocenters. The third-order valence-corrected chi connectivity index (χ3v) is 1.89. The smallest absolute Gasteiger partial charge is 0.325 e. The lowest BCUT2D eigenvalue weighted by Gasteiger charge is -2.18. The molecule has 15 heavy (non-hydrogen) atoms. The second-order valence-electron chi connectivity index (χ2n) is 3.23. The summed E-state index contributed by atoms with van der Waals surface area (Å²) in [4.78, 5) is 11.3. The highest BCUT2D eigenvalue weighted by Gasteiger charge is 2.18. The van der Waals surface area contributed by atoms with Crippen LogP contribution < -0.4 is 5.32 Å². The molecule has 0 heterocycles. The van der Waals surface area contributed by atoms with Gasteiger partial charge in [-0.25, -0.2) is 0 Å². The molecule has 2 unspecified atom stereocenters. The van der Waals surface area contributed by atoms with Crippen LogP contribution in [0.5, 0.6) is 0 Å². The Hall–Kier alpha value is -0.650. The van der Waals surface area contributed by atoms with E-state index in [-0.39, 0.29) is 12.1 Å². The van der Waals surface area contributed by atoms with Crippen molar-refractivity contribution in [2.24, 2.45) is 0 Å². The standard InChI is InChI=1S/C10H21NO4/c1-5-11-9(10(12)14-4)7-15-8(2)6-13-3/h8-9,11H,5-7H2,1-4H3. The Morgan fingerprint density at radius 3 is 2.47 bits per heavy atom. The number of hydrogen-bond acceptors (Lipinski definition) is 5. The number of likely N-dealkylation sites (N-methyl/N-ethyl adjacent to an activating group) is 1. The Morgan fingerprint density at radius 2 is 2.00 bits per heavy atom. The van der Waals surface area contributed by atoms with E-state index in [0.717, 1.165) is 0 Å². The van der Waals surface area contributed by atoms with Gasteiger partial charge in [0.1, 0.15) is 6.04 Å². The molecule has 0 saturated carbocycles. The highest BCUT2D eigenvalue weighted by atomic mass is 16.5. The SMILES string of the molecule is CCNC(COC(C)COC)C(=O)OC. The minimum absolute atomic E-state index is 0.0270. The first-order valence-electron chi connectivity index (χ1n) is 5.07. The van der Waals surface area contributed by atoms with Gasteiger partial charge in [0.05, 0.1) is 26.4 Å². The molecule has 0 aromatic rings. The number of ether oxygens (including phenoxy) is 3. The topological polar surface area (TPSA) is 56.8 Å². The van der Waals surface area contributed by atoms with E-state index < -0.39 is 6.04 Å². The molecule has 90 valence electrons. The quantitative estimate of drug-likeness (QED) is 0.591. The lowest BCUT2D eigenvalue weighted by molar-refractivity contribution is -0.145. The van der Waals surface area contributed by atoms with Crippen LogP contribution >= 0.6 is 0 Å². The zero-order valence-electron chi connectivity index (χ0n) is 9.91. The maximum Gasteiger partial charge on any atom is 0.325 e. The van der Waals surface area contributed by atoms with E-state index in [4.69, 9.17) is 9.47 Å². The van der Waals surface area contributed by atoms with E-state index in [1.807, 2.05) is 13.8 Å². The fourth-order valence-corrected chi connectivity index (χ4v) is 1.14. The van der Waals surface area contributed by atoms with E-state index >= 15 is 0 Å². The average Bonchev–Trinajstić information content (AvgIpc) is 2.23. The fourth-order valence-electron chi connectivity index (χ4n) is 1.14. The molecule has 0 rings (SSSR count). The molecular weight excluding hydrogens is 198 g/mol. The van der Waals surface area contributed by atoms with Crippen molar-refractivity contribution in [3.05, 3.63) is 0 Å². The van der Waals surface area contributed by atoms with Gasteiger partial charge >= 0.3 is 5.97 Å². The Balaban J connectivity index is 3.89. The third kappa shape index (κ3) is 6.43. The Bertz CT molecular complexity index is 175. The van der Waals surface area contributed by atoms with Crippen LogP contribution in [0.3, 0.4) is 0 Å². The van der Waals surface area contributed by atoms with Gasteiger partial charge in [-0.3, -0.25) is 4.79 Å². The van der Waals surface area contributed by atoms with Crippen LogP contribution in [0.15, 0.2) is 0 Å². The molecule has 0 aliphatic heterocycles. The number of carbonyl (C=O) groups is 1. The molecule has 0 radical (unpaired) electrons. The van der Waals surface area contributed by atoms with Gasteiger partial charge in [0.25, 0.3) is 0 Å². The number of carbonyl (C=O) groups excluding carboxylic acids is 1. The maximum absolute atomic E-state index is 11.3. The van der Waals surface area contributed by atoms with Gasteiger partial charge in [-0.2, -0.15) is 0 Å². The van der Waals surface area contributed by atoms with Gasteiger partial charge in [0.15, 0.2) is 0 Å². The second-order valence-corrected chi connectivity index (χ2v) is 3.23. The van der Waals surface area contributed by atoms with E-state index in [2.05, 4.69) is 10.1 Å². The van der Waals surface area contributed by atoms with Crippen molar-refractivity contribution in [1.29, 1.82) is 0 Å². The first-order chi connectivity index (χ1) is 7.15. The minimum atomic E-state index is -0.403. The van der Waals surface area contributed by atoms with Gasteiger partial charge in [-0.1, -0.05) is 6.92 Å². The summed E-state index contributed by atoms with van der Waals surface area (Å²) in [6, 6.07) is -0.403. The lowest BCUT2D eigenvalue weighted by atomic mass is 10.3. The summed E-state index contributed by atoms with van der Waals surface area (Å²) in [5.41, 5.74) is 0. The first kappa shape index (κ1) is 14.3. The van der Waals surface area contributed by atoms with Crippen molar-refractivity contribution in [2.75, 3.05) is 34.0 Å². The summed E-state index contributed by atoms with van der Waals surface area (Å²) in [5.74, 6) is -0.304. The zero-order valence-corrected chi connectivity index (χ0v) is 9.91. The van der Waals surface area contributed by atoms with Gasteiger partial charge in [0, 0.05) is 7.11 Å². The molecule has 0 aliphatic rings. The highest BCUT2D eigenvalue weighted by molar-refractivity contribution is 5.75. The van der Waals surface area contributed by atoms with Crippen molar-refractivity contribution in [3.63, 3.8) is 0 Å². The van der Waals surface area contributed by atoms with Crippen LogP contribution in [0.2, 0.25) is 0 Å². The summed E-state index contributed by atoms with van der Waals surface area (Å²) < 4.78 is 15.0. The average molecular weight is 219 g/mol. The van der Waals surface area contributed by atoms with E-state index in [0.29, 0.717) is 19.8 Å². The third-order valence-electron chi connectivity index (χ3n) is 1.89. The Labute approximate surface area is 91.1 Å². The van der Waals surface area contributed by atoms with Crippen LogP contribution in [0.25, 0.3) is 0 Å². The summed E-state index contributed by atoms with van der Waals surface area (Å²) in [6.45, 7) is 5.32. The van der Waals surface area contributed by atoms with Crippen LogP contribution in [0.4, 0.5) is 0 Å². The maximum atomic E-state index is 11.3. The van der Waals surface area contributed by atoms with Gasteiger partial charge in [0.2, 0.25) is 0 Å². The van der Waals surface area contributed by atoms with E-state index in [9.17, 15) is 4.79 Å². The second kappa shape index (κ2) is 8.64. The number of esters is 1. The van der Waals surface area contributed by atoms with Crippen LogP contribution in [0, 0.1) is 0 Å². The fraction of sp³-hybridized carbons (Fsp3) is 0.900. The van der Waals surface area contributed by atoms with Crippen LogP contribution in [-0.4, -0.2) is 52.1 Å². The molecule has 0 spiro atoms. The molecule has 0 aromatic heterocycles. The Kier molecular flexibility index (Phi) is 8.27. The molecule has 0 saturated heterocycles. The summed E-state index contributed by atoms with van der Waals surface area (Å²) in [7, 11) is 2.98. The van der Waals surface area contributed by atoms with Crippen molar-refractivity contribution >= 4 is 5.97 Å². The van der Waals surface area contributed by atoms with Crippen molar-refractivity contribution in [1.82, 2.24) is 5.32 Å². The summed E-state index contributed by atoms with van der Waals surface area (Å²) >= 11 is 0. The monoisotopic (exact) mass is 219 g/mol. The molecule has 5 nitrogen and oxygen atoms in total. The predicted octanol–water partition coefficient (Wildman–Crippen LogP) is 0.189. The highest BCUT2D eigenvalue weighted by Crippen LogP contribution is 1.96. The molecule has 1 N–H and O–H groups in total. The molecule has 0 fully saturated rings. The van der Waals surface area contributed by atoms with E-state index in [1.165, 1.54) is 7.11 Å². The van der Waals surface area contributed by atoms with Crippen molar-refractivity contribution < 1.29 is 19.0 Å². The van der Waals surface area contributed by atoms with Gasteiger partial charge < -0.3 is 19.5 Å². The Morgan fingerprint density at radius 1 is 1.33 bits per heavy atom. The molecule has 0 bridgehead atoms. The number of methoxy groups -OCH3 is 2. The molecular formula is C10H21NO4. The summed E-state index contributed by atoms with van der Waals surface area (Å²) in [5, 5.41) is 2.99. The minimum Gasteiger partial charge on any atom is -0.468 e.